The molecule has 138 valence electrons. The first-order chi connectivity index (χ1) is 12.6. The molecule has 0 unspecified atom stereocenters. The third-order valence-corrected chi connectivity index (χ3v) is 4.61. The Morgan fingerprint density at radius 2 is 2.04 bits per heavy atom. The number of aryl methyl sites for hydroxylation is 1. The normalized spacial score (nSPS) is 13.2. The maximum atomic E-state index is 12.7. The van der Waals surface area contributed by atoms with Crippen LogP contribution < -0.4 is 10.6 Å². The second-order valence-corrected chi connectivity index (χ2v) is 6.77. The first-order valence-corrected chi connectivity index (χ1v) is 9.31. The molecule has 0 aliphatic carbocycles. The van der Waals surface area contributed by atoms with E-state index < -0.39 is 0 Å². The molecular weight excluding hydrogens is 328 g/mol. The van der Waals surface area contributed by atoms with Gasteiger partial charge in [0.05, 0.1) is 5.69 Å². The Balaban J connectivity index is 1.79. The maximum absolute atomic E-state index is 12.7. The fourth-order valence-electron chi connectivity index (χ4n) is 3.30. The van der Waals surface area contributed by atoms with E-state index in [9.17, 15) is 9.59 Å². The number of aromatic nitrogens is 2. The van der Waals surface area contributed by atoms with Gasteiger partial charge in [-0.25, -0.2) is 4.98 Å². The van der Waals surface area contributed by atoms with Crippen LogP contribution in [0.3, 0.4) is 0 Å². The molecule has 6 heteroatoms. The van der Waals surface area contributed by atoms with E-state index in [1.54, 1.807) is 0 Å². The van der Waals surface area contributed by atoms with Gasteiger partial charge in [-0.15, -0.1) is 0 Å². The van der Waals surface area contributed by atoms with Gasteiger partial charge in [-0.2, -0.15) is 0 Å². The van der Waals surface area contributed by atoms with Gasteiger partial charge in [0, 0.05) is 19.6 Å². The molecule has 2 N–H and O–H groups in total. The van der Waals surface area contributed by atoms with Gasteiger partial charge < -0.3 is 15.2 Å². The first kappa shape index (κ1) is 18.2. The molecule has 2 heterocycles. The van der Waals surface area contributed by atoms with Crippen molar-refractivity contribution in [3.8, 4) is 0 Å². The molecule has 0 fully saturated rings. The maximum Gasteiger partial charge on any atom is 0.287 e. The highest BCUT2D eigenvalue weighted by Crippen LogP contribution is 2.21. The third kappa shape index (κ3) is 3.95. The minimum absolute atomic E-state index is 0.185. The third-order valence-electron chi connectivity index (χ3n) is 4.61. The van der Waals surface area contributed by atoms with Gasteiger partial charge in [-0.05, 0) is 38.2 Å². The quantitative estimate of drug-likeness (QED) is 0.837. The number of hydrogen-bond acceptors (Lipinski definition) is 3. The van der Waals surface area contributed by atoms with Gasteiger partial charge in [0.1, 0.15) is 5.69 Å². The summed E-state index contributed by atoms with van der Waals surface area (Å²) in [4.78, 5) is 29.5. The molecule has 3 rings (SSSR count). The SMILES string of the molecule is CCCNC(=O)c1nc(C(=O)NCc2cccc(C)c2)n2c1CCCC2. The smallest absolute Gasteiger partial charge is 0.287 e. The number of nitrogens with zero attached hydrogens (tertiary/aromatic N) is 2. The lowest BCUT2D eigenvalue weighted by molar-refractivity contribution is 0.0935. The molecule has 1 aromatic heterocycles. The van der Waals surface area contributed by atoms with Crippen molar-refractivity contribution in [1.29, 1.82) is 0 Å². The topological polar surface area (TPSA) is 76.0 Å². The summed E-state index contributed by atoms with van der Waals surface area (Å²) in [6.07, 6.45) is 3.67. The second kappa shape index (κ2) is 8.17. The molecule has 2 amide bonds. The summed E-state index contributed by atoms with van der Waals surface area (Å²) in [7, 11) is 0. The number of benzene rings is 1. The van der Waals surface area contributed by atoms with Crippen molar-refractivity contribution in [2.45, 2.75) is 52.6 Å². The Morgan fingerprint density at radius 1 is 1.19 bits per heavy atom. The summed E-state index contributed by atoms with van der Waals surface area (Å²) >= 11 is 0. The van der Waals surface area contributed by atoms with Crippen molar-refractivity contribution >= 4 is 11.8 Å². The monoisotopic (exact) mass is 354 g/mol. The van der Waals surface area contributed by atoms with Crippen molar-refractivity contribution in [3.63, 3.8) is 0 Å². The van der Waals surface area contributed by atoms with E-state index in [1.165, 1.54) is 0 Å². The minimum atomic E-state index is -0.232. The molecule has 0 radical (unpaired) electrons. The van der Waals surface area contributed by atoms with Crippen LogP contribution in [0.2, 0.25) is 0 Å². The summed E-state index contributed by atoms with van der Waals surface area (Å²) in [5, 5.41) is 5.80. The van der Waals surface area contributed by atoms with Gasteiger partial charge in [0.15, 0.2) is 5.82 Å². The Labute approximate surface area is 154 Å². The highest BCUT2D eigenvalue weighted by molar-refractivity contribution is 5.97. The van der Waals surface area contributed by atoms with E-state index in [4.69, 9.17) is 0 Å². The molecule has 2 aromatic rings. The number of rotatable bonds is 6. The lowest BCUT2D eigenvalue weighted by Crippen LogP contribution is -2.27. The van der Waals surface area contributed by atoms with Gasteiger partial charge in [0.2, 0.25) is 0 Å². The number of hydrogen-bond donors (Lipinski definition) is 2. The van der Waals surface area contributed by atoms with Crippen LogP contribution in [-0.2, 0) is 19.5 Å². The summed E-state index contributed by atoms with van der Waals surface area (Å²) in [5.74, 6) is -0.0755. The zero-order valence-electron chi connectivity index (χ0n) is 15.5. The highest BCUT2D eigenvalue weighted by Gasteiger charge is 2.27. The van der Waals surface area contributed by atoms with Gasteiger partial charge in [-0.3, -0.25) is 9.59 Å². The summed E-state index contributed by atoms with van der Waals surface area (Å²) in [6.45, 7) is 5.82. The molecule has 0 bridgehead atoms. The van der Waals surface area contributed by atoms with Gasteiger partial charge in [-0.1, -0.05) is 36.8 Å². The van der Waals surface area contributed by atoms with Crippen molar-refractivity contribution in [1.82, 2.24) is 20.2 Å². The number of amides is 2. The number of imidazole rings is 1. The standard InChI is InChI=1S/C20H26N4O2/c1-3-10-21-19(25)17-16-9-4-5-11-24(16)18(23-17)20(26)22-13-15-8-6-7-14(2)12-15/h6-8,12H,3-5,9-11,13H2,1-2H3,(H,21,25)(H,22,26). The average Bonchev–Trinajstić information content (AvgIpc) is 3.04. The van der Waals surface area contributed by atoms with E-state index in [0.717, 1.165) is 49.0 Å². The van der Waals surface area contributed by atoms with Crippen LogP contribution in [0.4, 0.5) is 0 Å². The second-order valence-electron chi connectivity index (χ2n) is 6.77. The van der Waals surface area contributed by atoms with Crippen LogP contribution in [0.25, 0.3) is 0 Å². The van der Waals surface area contributed by atoms with Gasteiger partial charge >= 0.3 is 0 Å². The van der Waals surface area contributed by atoms with Crippen molar-refractivity contribution < 1.29 is 9.59 Å². The lowest BCUT2D eigenvalue weighted by atomic mass is 10.1. The molecule has 0 saturated heterocycles. The number of nitrogens with one attached hydrogen (secondary N) is 2. The van der Waals surface area contributed by atoms with Crippen molar-refractivity contribution in [2.75, 3.05) is 6.54 Å². The van der Waals surface area contributed by atoms with Crippen LogP contribution in [0.5, 0.6) is 0 Å². The van der Waals surface area contributed by atoms with Crippen LogP contribution in [0.1, 0.15) is 64.1 Å². The predicted molar refractivity (Wildman–Crippen MR) is 100 cm³/mol. The zero-order chi connectivity index (χ0) is 18.5. The summed E-state index contributed by atoms with van der Waals surface area (Å²) in [6, 6.07) is 8.03. The Kier molecular flexibility index (Phi) is 5.71. The van der Waals surface area contributed by atoms with E-state index in [0.29, 0.717) is 24.6 Å². The number of carbonyl (C=O) groups excluding carboxylic acids is 2. The molecule has 1 aromatic carbocycles. The molecule has 26 heavy (non-hydrogen) atoms. The van der Waals surface area contributed by atoms with Gasteiger partial charge in [0.25, 0.3) is 11.8 Å². The molecule has 0 saturated carbocycles. The number of carbonyl (C=O) groups is 2. The molecule has 1 aliphatic heterocycles. The zero-order valence-corrected chi connectivity index (χ0v) is 15.5. The fourth-order valence-corrected chi connectivity index (χ4v) is 3.30. The largest absolute Gasteiger partial charge is 0.351 e. The summed E-state index contributed by atoms with van der Waals surface area (Å²) in [5.41, 5.74) is 3.49. The highest BCUT2D eigenvalue weighted by atomic mass is 16.2. The van der Waals surface area contributed by atoms with E-state index in [2.05, 4.69) is 15.6 Å². The first-order valence-electron chi connectivity index (χ1n) is 9.31. The Hall–Kier alpha value is -2.63. The fraction of sp³-hybridized carbons (Fsp3) is 0.450. The number of fused-ring (bicyclic) bond motifs is 1. The average molecular weight is 354 g/mol. The van der Waals surface area contributed by atoms with E-state index in [1.807, 2.05) is 42.7 Å². The molecule has 6 nitrogen and oxygen atoms in total. The lowest BCUT2D eigenvalue weighted by Gasteiger charge is -2.17. The van der Waals surface area contributed by atoms with Crippen LogP contribution in [-0.4, -0.2) is 27.9 Å². The van der Waals surface area contributed by atoms with Crippen LogP contribution in [0.15, 0.2) is 24.3 Å². The van der Waals surface area contributed by atoms with Crippen molar-refractivity contribution in [2.24, 2.45) is 0 Å². The van der Waals surface area contributed by atoms with Crippen LogP contribution >= 0.6 is 0 Å². The van der Waals surface area contributed by atoms with Crippen LogP contribution in [0, 0.1) is 6.92 Å². The Morgan fingerprint density at radius 3 is 2.81 bits per heavy atom. The van der Waals surface area contributed by atoms with Crippen molar-refractivity contribution in [3.05, 3.63) is 52.6 Å². The van der Waals surface area contributed by atoms with E-state index >= 15 is 0 Å². The predicted octanol–water partition coefficient (Wildman–Crippen LogP) is 2.60. The minimum Gasteiger partial charge on any atom is -0.351 e. The van der Waals surface area contributed by atoms with E-state index in [-0.39, 0.29) is 11.8 Å². The Bertz CT molecular complexity index is 810. The molecule has 1 aliphatic rings. The molecule has 0 atom stereocenters. The molecular formula is C20H26N4O2. The summed E-state index contributed by atoms with van der Waals surface area (Å²) < 4.78 is 1.91. The molecule has 0 spiro atoms.